The Balaban J connectivity index is 1.91. The molecule has 0 saturated heterocycles. The molecule has 0 saturated carbocycles. The minimum Gasteiger partial charge on any atom is -0.490 e. The molecule has 0 aliphatic rings. The quantitative estimate of drug-likeness (QED) is 0.745. The highest BCUT2D eigenvalue weighted by atomic mass is 16.5. The van der Waals surface area contributed by atoms with Gasteiger partial charge >= 0.3 is 0 Å². The zero-order chi connectivity index (χ0) is 16.5. The average molecular weight is 315 g/mol. The summed E-state index contributed by atoms with van der Waals surface area (Å²) < 4.78 is 11.2. The van der Waals surface area contributed by atoms with E-state index in [-0.39, 0.29) is 0 Å². The number of aliphatic hydroxyl groups is 1. The predicted molar refractivity (Wildman–Crippen MR) is 91.9 cm³/mol. The topological polar surface area (TPSA) is 50.7 Å². The standard InChI is InChI=1S/C19H25NO3/c1-3-22-18-11-10-15(12-19(18)23-4-2)13-20-14-17(21)16-8-6-5-7-9-16/h5-12,17,20-21H,3-4,13-14H2,1-2H3. The Morgan fingerprint density at radius 2 is 1.65 bits per heavy atom. The minimum absolute atomic E-state index is 0.501. The smallest absolute Gasteiger partial charge is 0.161 e. The van der Waals surface area contributed by atoms with Crippen molar-refractivity contribution in [3.63, 3.8) is 0 Å². The van der Waals surface area contributed by atoms with E-state index in [1.54, 1.807) is 0 Å². The van der Waals surface area contributed by atoms with E-state index in [1.165, 1.54) is 0 Å². The van der Waals surface area contributed by atoms with Crippen molar-refractivity contribution in [1.29, 1.82) is 0 Å². The molecule has 0 aliphatic heterocycles. The third-order valence-corrected chi connectivity index (χ3v) is 3.46. The molecule has 0 spiro atoms. The van der Waals surface area contributed by atoms with Crippen molar-refractivity contribution in [2.75, 3.05) is 19.8 Å². The first kappa shape index (κ1) is 17.3. The van der Waals surface area contributed by atoms with Gasteiger partial charge in [-0.1, -0.05) is 36.4 Å². The third kappa shape index (κ3) is 5.27. The number of hydrogen-bond acceptors (Lipinski definition) is 4. The Kier molecular flexibility index (Phi) is 6.91. The van der Waals surface area contributed by atoms with Crippen molar-refractivity contribution in [1.82, 2.24) is 5.32 Å². The number of rotatable bonds is 9. The monoisotopic (exact) mass is 315 g/mol. The summed E-state index contributed by atoms with van der Waals surface area (Å²) in [5.74, 6) is 1.53. The molecule has 23 heavy (non-hydrogen) atoms. The lowest BCUT2D eigenvalue weighted by Gasteiger charge is -2.14. The molecule has 1 unspecified atom stereocenters. The van der Waals surface area contributed by atoms with Gasteiger partial charge in [0.05, 0.1) is 19.3 Å². The van der Waals surface area contributed by atoms with Gasteiger partial charge in [0, 0.05) is 13.1 Å². The van der Waals surface area contributed by atoms with Gasteiger partial charge in [-0.3, -0.25) is 0 Å². The van der Waals surface area contributed by atoms with E-state index in [4.69, 9.17) is 9.47 Å². The lowest BCUT2D eigenvalue weighted by molar-refractivity contribution is 0.174. The van der Waals surface area contributed by atoms with Crippen LogP contribution in [0, 0.1) is 0 Å². The summed E-state index contributed by atoms with van der Waals surface area (Å²) in [5, 5.41) is 13.4. The molecule has 2 N–H and O–H groups in total. The highest BCUT2D eigenvalue weighted by Crippen LogP contribution is 2.28. The van der Waals surface area contributed by atoms with Crippen molar-refractivity contribution < 1.29 is 14.6 Å². The lowest BCUT2D eigenvalue weighted by atomic mass is 10.1. The van der Waals surface area contributed by atoms with Crippen LogP contribution >= 0.6 is 0 Å². The van der Waals surface area contributed by atoms with E-state index in [9.17, 15) is 5.11 Å². The van der Waals surface area contributed by atoms with Crippen LogP contribution in [0.5, 0.6) is 11.5 Å². The summed E-state index contributed by atoms with van der Waals surface area (Å²) in [6.45, 7) is 6.29. The molecular weight excluding hydrogens is 290 g/mol. The van der Waals surface area contributed by atoms with Crippen LogP contribution in [0.3, 0.4) is 0 Å². The minimum atomic E-state index is -0.509. The fourth-order valence-corrected chi connectivity index (χ4v) is 2.35. The summed E-state index contributed by atoms with van der Waals surface area (Å²) in [4.78, 5) is 0. The molecule has 0 bridgehead atoms. The molecule has 0 aromatic heterocycles. The SMILES string of the molecule is CCOc1ccc(CNCC(O)c2ccccc2)cc1OCC. The predicted octanol–water partition coefficient (Wildman–Crippen LogP) is 3.31. The van der Waals surface area contributed by atoms with Gasteiger partial charge in [0.1, 0.15) is 0 Å². The Morgan fingerprint density at radius 3 is 2.35 bits per heavy atom. The van der Waals surface area contributed by atoms with Gasteiger partial charge in [-0.2, -0.15) is 0 Å². The summed E-state index contributed by atoms with van der Waals surface area (Å²) in [5.41, 5.74) is 2.01. The Bertz CT molecular complexity index is 586. The normalized spacial score (nSPS) is 12.0. The van der Waals surface area contributed by atoms with Gasteiger partial charge in [-0.25, -0.2) is 0 Å². The molecule has 2 aromatic carbocycles. The number of nitrogens with one attached hydrogen (secondary N) is 1. The summed E-state index contributed by atoms with van der Waals surface area (Å²) in [7, 11) is 0. The molecule has 2 rings (SSSR count). The van der Waals surface area contributed by atoms with Gasteiger partial charge < -0.3 is 19.9 Å². The molecule has 4 nitrogen and oxygen atoms in total. The lowest BCUT2D eigenvalue weighted by Crippen LogP contribution is -2.21. The first-order valence-electron chi connectivity index (χ1n) is 8.06. The maximum Gasteiger partial charge on any atom is 0.161 e. The van der Waals surface area contributed by atoms with Crippen LogP contribution in [0.4, 0.5) is 0 Å². The van der Waals surface area contributed by atoms with E-state index in [1.807, 2.05) is 62.4 Å². The van der Waals surface area contributed by atoms with E-state index in [0.717, 1.165) is 22.6 Å². The maximum atomic E-state index is 10.1. The molecular formula is C19H25NO3. The molecule has 0 fully saturated rings. The molecule has 0 aliphatic carbocycles. The molecule has 124 valence electrons. The largest absolute Gasteiger partial charge is 0.490 e. The average Bonchev–Trinajstić information content (AvgIpc) is 2.58. The fourth-order valence-electron chi connectivity index (χ4n) is 2.35. The second-order valence-corrected chi connectivity index (χ2v) is 5.20. The molecule has 4 heteroatoms. The number of benzene rings is 2. The van der Waals surface area contributed by atoms with Gasteiger partial charge in [-0.05, 0) is 37.1 Å². The molecule has 2 aromatic rings. The molecule has 0 radical (unpaired) electrons. The van der Waals surface area contributed by atoms with Crippen LogP contribution in [0.2, 0.25) is 0 Å². The van der Waals surface area contributed by atoms with Crippen LogP contribution < -0.4 is 14.8 Å². The van der Waals surface area contributed by atoms with Crippen LogP contribution in [0.25, 0.3) is 0 Å². The molecule has 0 amide bonds. The number of aliphatic hydroxyl groups excluding tert-OH is 1. The van der Waals surface area contributed by atoms with Gasteiger partial charge in [-0.15, -0.1) is 0 Å². The summed E-state index contributed by atoms with van der Waals surface area (Å²) in [6.07, 6.45) is -0.509. The zero-order valence-electron chi connectivity index (χ0n) is 13.8. The zero-order valence-corrected chi connectivity index (χ0v) is 13.8. The van der Waals surface area contributed by atoms with Crippen molar-refractivity contribution >= 4 is 0 Å². The molecule has 0 heterocycles. The fraction of sp³-hybridized carbons (Fsp3) is 0.368. The highest BCUT2D eigenvalue weighted by Gasteiger charge is 2.08. The maximum absolute atomic E-state index is 10.1. The third-order valence-electron chi connectivity index (χ3n) is 3.46. The van der Waals surface area contributed by atoms with Crippen molar-refractivity contribution in [2.24, 2.45) is 0 Å². The second kappa shape index (κ2) is 9.18. The second-order valence-electron chi connectivity index (χ2n) is 5.20. The van der Waals surface area contributed by atoms with Crippen LogP contribution in [-0.4, -0.2) is 24.9 Å². The Morgan fingerprint density at radius 1 is 0.957 bits per heavy atom. The summed E-state index contributed by atoms with van der Waals surface area (Å²) in [6, 6.07) is 15.6. The van der Waals surface area contributed by atoms with Crippen molar-refractivity contribution in [3.8, 4) is 11.5 Å². The van der Waals surface area contributed by atoms with E-state index >= 15 is 0 Å². The van der Waals surface area contributed by atoms with Crippen molar-refractivity contribution in [3.05, 3.63) is 59.7 Å². The molecule has 1 atom stereocenters. The van der Waals surface area contributed by atoms with E-state index < -0.39 is 6.10 Å². The van der Waals surface area contributed by atoms with Crippen LogP contribution in [0.1, 0.15) is 31.1 Å². The highest BCUT2D eigenvalue weighted by molar-refractivity contribution is 5.43. The number of ether oxygens (including phenoxy) is 2. The first-order chi connectivity index (χ1) is 11.2. The first-order valence-corrected chi connectivity index (χ1v) is 8.06. The van der Waals surface area contributed by atoms with Gasteiger partial charge in [0.25, 0.3) is 0 Å². The van der Waals surface area contributed by atoms with Crippen LogP contribution in [0.15, 0.2) is 48.5 Å². The van der Waals surface area contributed by atoms with Gasteiger partial charge in [0.15, 0.2) is 11.5 Å². The van der Waals surface area contributed by atoms with Crippen LogP contribution in [-0.2, 0) is 6.54 Å². The summed E-state index contributed by atoms with van der Waals surface area (Å²) >= 11 is 0. The van der Waals surface area contributed by atoms with Gasteiger partial charge in [0.2, 0.25) is 0 Å². The van der Waals surface area contributed by atoms with Crippen molar-refractivity contribution in [2.45, 2.75) is 26.5 Å². The Hall–Kier alpha value is -2.04. The van der Waals surface area contributed by atoms with E-state index in [0.29, 0.717) is 26.3 Å². The Labute approximate surface area is 138 Å². The number of hydrogen-bond donors (Lipinski definition) is 2. The van der Waals surface area contributed by atoms with E-state index in [2.05, 4.69) is 5.32 Å².